The maximum Gasteiger partial charge on any atom is 0.311 e. The molecular formula is C11H8Cl2N4O2. The Hall–Kier alpha value is -2.05. The predicted octanol–water partition coefficient (Wildman–Crippen LogP) is 3.62. The van der Waals surface area contributed by atoms with E-state index in [0.717, 1.165) is 0 Å². The molecule has 0 aliphatic carbocycles. The zero-order chi connectivity index (χ0) is 14.0. The summed E-state index contributed by atoms with van der Waals surface area (Å²) in [5.74, 6) is 0.199. The van der Waals surface area contributed by atoms with Gasteiger partial charge in [-0.15, -0.1) is 0 Å². The smallest absolute Gasteiger partial charge is 0.311 e. The molecule has 0 aliphatic rings. The first kappa shape index (κ1) is 13.4. The van der Waals surface area contributed by atoms with E-state index in [9.17, 15) is 10.1 Å². The Morgan fingerprint density at radius 3 is 2.42 bits per heavy atom. The summed E-state index contributed by atoms with van der Waals surface area (Å²) < 4.78 is 0. The van der Waals surface area contributed by atoms with Crippen LogP contribution < -0.4 is 11.1 Å². The van der Waals surface area contributed by atoms with E-state index in [1.807, 2.05) is 0 Å². The minimum atomic E-state index is -0.555. The summed E-state index contributed by atoms with van der Waals surface area (Å²) in [7, 11) is 0. The average molecular weight is 299 g/mol. The summed E-state index contributed by atoms with van der Waals surface area (Å²) in [6, 6.07) is 7.32. The van der Waals surface area contributed by atoms with Crippen molar-refractivity contribution in [1.82, 2.24) is 4.98 Å². The van der Waals surface area contributed by atoms with Crippen LogP contribution in [0.1, 0.15) is 0 Å². The number of nitrogens with two attached hydrogens (primary N) is 1. The number of hydrogen-bond acceptors (Lipinski definition) is 5. The highest BCUT2D eigenvalue weighted by atomic mass is 35.5. The largest absolute Gasteiger partial charge is 0.384 e. The van der Waals surface area contributed by atoms with E-state index in [0.29, 0.717) is 15.7 Å². The van der Waals surface area contributed by atoms with Crippen LogP contribution in [0, 0.1) is 10.1 Å². The lowest BCUT2D eigenvalue weighted by atomic mass is 10.3. The van der Waals surface area contributed by atoms with E-state index in [2.05, 4.69) is 10.3 Å². The lowest BCUT2D eigenvalue weighted by molar-refractivity contribution is -0.384. The molecule has 0 aliphatic heterocycles. The molecule has 0 unspecified atom stereocenters. The van der Waals surface area contributed by atoms with E-state index >= 15 is 0 Å². The molecule has 19 heavy (non-hydrogen) atoms. The second-order valence-electron chi connectivity index (χ2n) is 3.64. The van der Waals surface area contributed by atoms with Gasteiger partial charge in [-0.3, -0.25) is 10.1 Å². The first-order valence-electron chi connectivity index (χ1n) is 5.10. The summed E-state index contributed by atoms with van der Waals surface area (Å²) in [4.78, 5) is 14.2. The summed E-state index contributed by atoms with van der Waals surface area (Å²) >= 11 is 11.7. The third-order valence-electron chi connectivity index (χ3n) is 2.22. The Bertz CT molecular complexity index is 628. The Labute approximate surface area is 118 Å². The number of hydrogen-bond donors (Lipinski definition) is 2. The van der Waals surface area contributed by atoms with Gasteiger partial charge in [0.15, 0.2) is 0 Å². The number of nitrogens with zero attached hydrogens (tertiary/aromatic N) is 2. The van der Waals surface area contributed by atoms with E-state index < -0.39 is 4.92 Å². The van der Waals surface area contributed by atoms with Gasteiger partial charge in [-0.05, 0) is 24.3 Å². The molecule has 0 saturated carbocycles. The minimum absolute atomic E-state index is 0.0309. The maximum atomic E-state index is 10.9. The molecule has 6 nitrogen and oxygen atoms in total. The lowest BCUT2D eigenvalue weighted by Gasteiger charge is -2.07. The molecule has 0 bridgehead atoms. The predicted molar refractivity (Wildman–Crippen MR) is 75.0 cm³/mol. The second-order valence-corrected chi connectivity index (χ2v) is 4.52. The fraction of sp³-hybridized carbons (Fsp3) is 0. The van der Waals surface area contributed by atoms with Gasteiger partial charge in [0, 0.05) is 21.8 Å². The van der Waals surface area contributed by atoms with E-state index in [4.69, 9.17) is 28.9 Å². The van der Waals surface area contributed by atoms with Crippen LogP contribution in [-0.2, 0) is 0 Å². The van der Waals surface area contributed by atoms with Crippen LogP contribution in [0.4, 0.5) is 23.0 Å². The number of nitro groups is 1. The molecule has 8 heteroatoms. The molecule has 0 radical (unpaired) electrons. The van der Waals surface area contributed by atoms with Crippen LogP contribution >= 0.6 is 23.2 Å². The fourth-order valence-electron chi connectivity index (χ4n) is 1.47. The third-order valence-corrected chi connectivity index (χ3v) is 2.65. The first-order chi connectivity index (χ1) is 8.95. The van der Waals surface area contributed by atoms with Crippen molar-refractivity contribution in [2.75, 3.05) is 11.1 Å². The van der Waals surface area contributed by atoms with Crippen LogP contribution in [0.25, 0.3) is 0 Å². The third kappa shape index (κ3) is 3.24. The summed E-state index contributed by atoms with van der Waals surface area (Å²) in [5, 5.41) is 14.5. The highest BCUT2D eigenvalue weighted by molar-refractivity contribution is 6.35. The second kappa shape index (κ2) is 5.29. The number of aromatic nitrogens is 1. The summed E-state index contributed by atoms with van der Waals surface area (Å²) in [6.45, 7) is 0. The molecule has 98 valence electrons. The molecule has 0 amide bonds. The van der Waals surface area contributed by atoms with Crippen molar-refractivity contribution in [3.63, 3.8) is 0 Å². The molecule has 1 aromatic carbocycles. The standard InChI is InChI=1S/C11H8Cl2N4O2/c12-6-3-7(13)5-8(4-6)15-11-9(17(18)19)1-2-10(14)16-11/h1-5H,(H3,14,15,16). The molecular weight excluding hydrogens is 291 g/mol. The van der Waals surface area contributed by atoms with Gasteiger partial charge in [-0.1, -0.05) is 23.2 Å². The zero-order valence-corrected chi connectivity index (χ0v) is 10.9. The van der Waals surface area contributed by atoms with Crippen LogP contribution in [0.3, 0.4) is 0 Å². The number of rotatable bonds is 3. The zero-order valence-electron chi connectivity index (χ0n) is 9.43. The highest BCUT2D eigenvalue weighted by Gasteiger charge is 2.15. The molecule has 3 N–H and O–H groups in total. The van der Waals surface area contributed by atoms with Crippen LogP contribution in [0.5, 0.6) is 0 Å². The van der Waals surface area contributed by atoms with Gasteiger partial charge in [0.2, 0.25) is 5.82 Å². The number of nitrogens with one attached hydrogen (secondary N) is 1. The van der Waals surface area contributed by atoms with E-state index in [1.54, 1.807) is 18.2 Å². The molecule has 2 rings (SSSR count). The maximum absolute atomic E-state index is 10.9. The van der Waals surface area contributed by atoms with Crippen LogP contribution in [-0.4, -0.2) is 9.91 Å². The monoisotopic (exact) mass is 298 g/mol. The number of nitrogen functional groups attached to an aromatic ring is 1. The topological polar surface area (TPSA) is 94.1 Å². The van der Waals surface area contributed by atoms with Crippen molar-refractivity contribution in [3.8, 4) is 0 Å². The summed E-state index contributed by atoms with van der Waals surface area (Å²) in [5.41, 5.74) is 5.81. The number of halogens is 2. The average Bonchev–Trinajstić information content (AvgIpc) is 2.26. The van der Waals surface area contributed by atoms with Crippen molar-refractivity contribution >= 4 is 46.2 Å². The van der Waals surface area contributed by atoms with Gasteiger partial charge < -0.3 is 11.1 Å². The fourth-order valence-corrected chi connectivity index (χ4v) is 1.99. The molecule has 0 fully saturated rings. The van der Waals surface area contributed by atoms with Gasteiger partial charge >= 0.3 is 5.69 Å². The van der Waals surface area contributed by atoms with Gasteiger partial charge in [0.25, 0.3) is 0 Å². The Balaban J connectivity index is 2.42. The normalized spacial score (nSPS) is 10.2. The number of anilines is 3. The Kier molecular flexibility index (Phi) is 3.73. The van der Waals surface area contributed by atoms with Crippen molar-refractivity contribution in [2.24, 2.45) is 0 Å². The lowest BCUT2D eigenvalue weighted by Crippen LogP contribution is -2.02. The van der Waals surface area contributed by atoms with E-state index in [1.165, 1.54) is 12.1 Å². The van der Waals surface area contributed by atoms with E-state index in [-0.39, 0.29) is 17.3 Å². The molecule has 0 spiro atoms. The molecule has 0 saturated heterocycles. The van der Waals surface area contributed by atoms with Crippen LogP contribution in [0.15, 0.2) is 30.3 Å². The summed E-state index contributed by atoms with van der Waals surface area (Å²) in [6.07, 6.45) is 0. The minimum Gasteiger partial charge on any atom is -0.384 e. The Morgan fingerprint density at radius 1 is 1.21 bits per heavy atom. The molecule has 0 atom stereocenters. The van der Waals surface area contributed by atoms with Crippen molar-refractivity contribution in [2.45, 2.75) is 0 Å². The van der Waals surface area contributed by atoms with Gasteiger partial charge in [0.1, 0.15) is 5.82 Å². The van der Waals surface area contributed by atoms with Gasteiger partial charge in [0.05, 0.1) is 4.92 Å². The molecule has 1 heterocycles. The van der Waals surface area contributed by atoms with Crippen LogP contribution in [0.2, 0.25) is 10.0 Å². The SMILES string of the molecule is Nc1ccc([N+](=O)[O-])c(Nc2cc(Cl)cc(Cl)c2)n1. The number of benzene rings is 1. The van der Waals surface area contributed by atoms with Gasteiger partial charge in [-0.25, -0.2) is 4.98 Å². The van der Waals surface area contributed by atoms with Crippen molar-refractivity contribution < 1.29 is 4.92 Å². The molecule has 2 aromatic rings. The molecule has 1 aromatic heterocycles. The van der Waals surface area contributed by atoms with Gasteiger partial charge in [-0.2, -0.15) is 0 Å². The Morgan fingerprint density at radius 2 is 1.84 bits per heavy atom. The quantitative estimate of drug-likeness (QED) is 0.666. The van der Waals surface area contributed by atoms with Crippen molar-refractivity contribution in [1.29, 1.82) is 0 Å². The number of pyridine rings is 1. The first-order valence-corrected chi connectivity index (χ1v) is 5.85. The van der Waals surface area contributed by atoms with Crippen molar-refractivity contribution in [3.05, 3.63) is 50.5 Å². The highest BCUT2D eigenvalue weighted by Crippen LogP contribution is 2.29.